The molecule has 6 heteroatoms. The third-order valence-electron chi connectivity index (χ3n) is 3.34. The van der Waals surface area contributed by atoms with Crippen molar-refractivity contribution in [3.05, 3.63) is 59.3 Å². The van der Waals surface area contributed by atoms with E-state index < -0.39 is 0 Å². The number of rotatable bonds is 7. The van der Waals surface area contributed by atoms with Gasteiger partial charge in [-0.25, -0.2) is 0 Å². The molecular formula is C17H17N3O2S. The average Bonchev–Trinajstić information content (AvgIpc) is 3.25. The van der Waals surface area contributed by atoms with Crippen LogP contribution in [-0.4, -0.2) is 16.0 Å². The van der Waals surface area contributed by atoms with Gasteiger partial charge in [0.05, 0.1) is 4.88 Å². The molecule has 3 rings (SSSR count). The van der Waals surface area contributed by atoms with Gasteiger partial charge in [0.2, 0.25) is 17.6 Å². The average molecular weight is 327 g/mol. The van der Waals surface area contributed by atoms with E-state index in [1.807, 2.05) is 47.8 Å². The molecule has 0 spiro atoms. The molecule has 1 N–H and O–H groups in total. The Balaban J connectivity index is 1.40. The Kier molecular flexibility index (Phi) is 5.16. The number of aryl methyl sites for hydroxylation is 1. The zero-order valence-corrected chi connectivity index (χ0v) is 13.4. The van der Waals surface area contributed by atoms with Crippen LogP contribution in [-0.2, 0) is 17.8 Å². The molecule has 2 aromatic heterocycles. The maximum atomic E-state index is 11.8. The lowest BCUT2D eigenvalue weighted by atomic mass is 10.2. The molecular weight excluding hydrogens is 310 g/mol. The van der Waals surface area contributed by atoms with E-state index in [1.54, 1.807) is 11.3 Å². The van der Waals surface area contributed by atoms with Gasteiger partial charge < -0.3 is 9.84 Å². The molecule has 2 heterocycles. The predicted octanol–water partition coefficient (Wildman–Crippen LogP) is 3.44. The zero-order valence-electron chi connectivity index (χ0n) is 12.6. The maximum Gasteiger partial charge on any atom is 0.226 e. The van der Waals surface area contributed by atoms with Gasteiger partial charge in [0.25, 0.3) is 0 Å². The van der Waals surface area contributed by atoms with Crippen molar-refractivity contribution in [2.24, 2.45) is 0 Å². The van der Waals surface area contributed by atoms with Crippen LogP contribution in [0.15, 0.2) is 52.4 Å². The minimum Gasteiger partial charge on any atom is -0.352 e. The molecule has 0 aliphatic rings. The van der Waals surface area contributed by atoms with Gasteiger partial charge in [-0.3, -0.25) is 4.79 Å². The molecule has 1 amide bonds. The molecule has 118 valence electrons. The molecule has 0 unspecified atom stereocenters. The second kappa shape index (κ2) is 7.69. The quantitative estimate of drug-likeness (QED) is 0.722. The van der Waals surface area contributed by atoms with Crippen LogP contribution >= 0.6 is 11.3 Å². The second-order valence-electron chi connectivity index (χ2n) is 5.10. The smallest absolute Gasteiger partial charge is 0.226 e. The Hall–Kier alpha value is -2.47. The molecule has 0 fully saturated rings. The molecule has 5 nitrogen and oxygen atoms in total. The summed E-state index contributed by atoms with van der Waals surface area (Å²) in [7, 11) is 0. The van der Waals surface area contributed by atoms with Gasteiger partial charge in [0.15, 0.2) is 0 Å². The fourth-order valence-corrected chi connectivity index (χ4v) is 2.80. The van der Waals surface area contributed by atoms with Gasteiger partial charge in [-0.1, -0.05) is 41.6 Å². The first kappa shape index (κ1) is 15.4. The maximum absolute atomic E-state index is 11.8. The number of amides is 1. The van der Waals surface area contributed by atoms with Crippen molar-refractivity contribution in [2.45, 2.75) is 25.8 Å². The van der Waals surface area contributed by atoms with Crippen molar-refractivity contribution in [1.29, 1.82) is 0 Å². The van der Waals surface area contributed by atoms with Crippen LogP contribution in [0.4, 0.5) is 0 Å². The van der Waals surface area contributed by atoms with Crippen molar-refractivity contribution in [2.75, 3.05) is 0 Å². The first-order valence-corrected chi connectivity index (χ1v) is 8.36. The Labute approximate surface area is 138 Å². The number of benzene rings is 1. The third-order valence-corrected chi connectivity index (χ3v) is 4.20. The monoisotopic (exact) mass is 327 g/mol. The summed E-state index contributed by atoms with van der Waals surface area (Å²) in [5, 5.41) is 8.84. The molecule has 0 aliphatic carbocycles. The second-order valence-corrected chi connectivity index (χ2v) is 6.05. The minimum atomic E-state index is 0.0341. The van der Waals surface area contributed by atoms with Crippen LogP contribution in [0.2, 0.25) is 0 Å². The topological polar surface area (TPSA) is 68.0 Å². The Morgan fingerprint density at radius 2 is 2.04 bits per heavy atom. The molecule has 3 aromatic rings. The summed E-state index contributed by atoms with van der Waals surface area (Å²) in [6.07, 6.45) is 1.74. The molecule has 0 saturated carbocycles. The number of aromatic nitrogens is 2. The Morgan fingerprint density at radius 1 is 1.17 bits per heavy atom. The molecule has 0 bridgehead atoms. The van der Waals surface area contributed by atoms with E-state index in [-0.39, 0.29) is 5.91 Å². The highest BCUT2D eigenvalue weighted by molar-refractivity contribution is 7.13. The van der Waals surface area contributed by atoms with E-state index in [0.29, 0.717) is 37.5 Å². The van der Waals surface area contributed by atoms with Crippen LogP contribution in [0.5, 0.6) is 0 Å². The first-order chi connectivity index (χ1) is 11.3. The molecule has 0 atom stereocenters. The van der Waals surface area contributed by atoms with Crippen molar-refractivity contribution in [3.63, 3.8) is 0 Å². The lowest BCUT2D eigenvalue weighted by molar-refractivity contribution is -0.121. The predicted molar refractivity (Wildman–Crippen MR) is 88.8 cm³/mol. The summed E-state index contributed by atoms with van der Waals surface area (Å²) in [5.74, 6) is 1.22. The van der Waals surface area contributed by atoms with Crippen molar-refractivity contribution in [3.8, 4) is 10.7 Å². The van der Waals surface area contributed by atoms with Crippen molar-refractivity contribution >= 4 is 17.2 Å². The molecule has 0 radical (unpaired) electrons. The van der Waals surface area contributed by atoms with Gasteiger partial charge in [0.1, 0.15) is 0 Å². The van der Waals surface area contributed by atoms with Crippen molar-refractivity contribution < 1.29 is 9.32 Å². The lowest BCUT2D eigenvalue weighted by Crippen LogP contribution is -2.22. The SMILES string of the molecule is O=C(CCCc1nc(-c2cccs2)no1)NCc1ccccc1. The van der Waals surface area contributed by atoms with Gasteiger partial charge >= 0.3 is 0 Å². The largest absolute Gasteiger partial charge is 0.352 e. The minimum absolute atomic E-state index is 0.0341. The number of nitrogens with zero attached hydrogens (tertiary/aromatic N) is 2. The van der Waals surface area contributed by atoms with Crippen molar-refractivity contribution in [1.82, 2.24) is 15.5 Å². The van der Waals surface area contributed by atoms with Gasteiger partial charge in [-0.2, -0.15) is 4.98 Å². The lowest BCUT2D eigenvalue weighted by Gasteiger charge is -2.04. The highest BCUT2D eigenvalue weighted by Gasteiger charge is 2.10. The zero-order chi connectivity index (χ0) is 15.9. The summed E-state index contributed by atoms with van der Waals surface area (Å²) >= 11 is 1.57. The number of hydrogen-bond donors (Lipinski definition) is 1. The number of carbonyl (C=O) groups excluding carboxylic acids is 1. The van der Waals surface area contributed by atoms with Crippen LogP contribution in [0, 0.1) is 0 Å². The van der Waals surface area contributed by atoms with E-state index in [4.69, 9.17) is 4.52 Å². The highest BCUT2D eigenvalue weighted by Crippen LogP contribution is 2.21. The van der Waals surface area contributed by atoms with E-state index in [1.165, 1.54) is 0 Å². The van der Waals surface area contributed by atoms with E-state index in [0.717, 1.165) is 10.4 Å². The number of carbonyl (C=O) groups is 1. The molecule has 1 aromatic carbocycles. The number of nitrogens with one attached hydrogen (secondary N) is 1. The van der Waals surface area contributed by atoms with E-state index in [9.17, 15) is 4.79 Å². The number of hydrogen-bond acceptors (Lipinski definition) is 5. The van der Waals surface area contributed by atoms with Gasteiger partial charge in [0, 0.05) is 19.4 Å². The van der Waals surface area contributed by atoms with Crippen LogP contribution in [0.1, 0.15) is 24.3 Å². The fraction of sp³-hybridized carbons (Fsp3) is 0.235. The van der Waals surface area contributed by atoms with Crippen LogP contribution < -0.4 is 5.32 Å². The molecule has 0 saturated heterocycles. The summed E-state index contributed by atoms with van der Waals surface area (Å²) in [5.41, 5.74) is 1.10. The molecule has 23 heavy (non-hydrogen) atoms. The Bertz CT molecular complexity index is 738. The number of thiophene rings is 1. The van der Waals surface area contributed by atoms with Crippen LogP contribution in [0.25, 0.3) is 10.7 Å². The van der Waals surface area contributed by atoms with Gasteiger partial charge in [-0.15, -0.1) is 11.3 Å². The highest BCUT2D eigenvalue weighted by atomic mass is 32.1. The Morgan fingerprint density at radius 3 is 2.83 bits per heavy atom. The molecule has 0 aliphatic heterocycles. The van der Waals surface area contributed by atoms with E-state index in [2.05, 4.69) is 15.5 Å². The summed E-state index contributed by atoms with van der Waals surface area (Å²) in [6.45, 7) is 0.558. The normalized spacial score (nSPS) is 10.6. The van der Waals surface area contributed by atoms with Gasteiger partial charge in [-0.05, 0) is 23.4 Å². The standard InChI is InChI=1S/C17H17N3O2S/c21-15(18-12-13-6-2-1-3-7-13)9-4-10-16-19-17(20-22-16)14-8-5-11-23-14/h1-3,5-8,11H,4,9-10,12H2,(H,18,21). The van der Waals surface area contributed by atoms with Crippen LogP contribution in [0.3, 0.4) is 0 Å². The summed E-state index contributed by atoms with van der Waals surface area (Å²) in [6, 6.07) is 13.8. The summed E-state index contributed by atoms with van der Waals surface area (Å²) < 4.78 is 5.21. The fourth-order valence-electron chi connectivity index (χ4n) is 2.15. The third kappa shape index (κ3) is 4.50. The first-order valence-electron chi connectivity index (χ1n) is 7.48. The van der Waals surface area contributed by atoms with E-state index >= 15 is 0 Å². The summed E-state index contributed by atoms with van der Waals surface area (Å²) in [4.78, 5) is 17.2.